The van der Waals surface area contributed by atoms with Gasteiger partial charge in [-0.2, -0.15) is 0 Å². The fourth-order valence-electron chi connectivity index (χ4n) is 2.70. The minimum atomic E-state index is 0.0540. The summed E-state index contributed by atoms with van der Waals surface area (Å²) in [6.07, 6.45) is 0. The first kappa shape index (κ1) is 15.3. The molecule has 21 heavy (non-hydrogen) atoms. The summed E-state index contributed by atoms with van der Waals surface area (Å²) in [6, 6.07) is 18.2. The third-order valence-electron chi connectivity index (χ3n) is 3.87. The first-order valence-electron chi connectivity index (χ1n) is 7.45. The molecular formula is C19H23NO. The smallest absolute Gasteiger partial charge is 0.254 e. The molecule has 2 aromatic rings. The Morgan fingerprint density at radius 1 is 0.905 bits per heavy atom. The van der Waals surface area contributed by atoms with Crippen LogP contribution in [0, 0.1) is 6.92 Å². The van der Waals surface area contributed by atoms with Gasteiger partial charge in [-0.25, -0.2) is 0 Å². The first-order valence-corrected chi connectivity index (χ1v) is 7.45. The number of amides is 1. The van der Waals surface area contributed by atoms with Crippen LogP contribution in [0.3, 0.4) is 0 Å². The van der Waals surface area contributed by atoms with Crippen LogP contribution in [0.5, 0.6) is 0 Å². The van der Waals surface area contributed by atoms with E-state index in [4.69, 9.17) is 0 Å². The molecule has 0 saturated heterocycles. The van der Waals surface area contributed by atoms with E-state index in [0.717, 1.165) is 16.7 Å². The second-order valence-electron chi connectivity index (χ2n) is 5.71. The van der Waals surface area contributed by atoms with Gasteiger partial charge in [0.1, 0.15) is 0 Å². The number of carbonyl (C=O) groups is 1. The van der Waals surface area contributed by atoms with Crippen LogP contribution in [0.25, 0.3) is 0 Å². The van der Waals surface area contributed by atoms with E-state index >= 15 is 0 Å². The van der Waals surface area contributed by atoms with Crippen LogP contribution in [-0.4, -0.2) is 16.8 Å². The maximum absolute atomic E-state index is 12.9. The van der Waals surface area contributed by atoms with E-state index in [1.807, 2.05) is 54.3 Å². The molecule has 0 aromatic heterocycles. The van der Waals surface area contributed by atoms with Gasteiger partial charge in [-0.3, -0.25) is 4.79 Å². The van der Waals surface area contributed by atoms with E-state index in [9.17, 15) is 4.79 Å². The van der Waals surface area contributed by atoms with Gasteiger partial charge in [0.2, 0.25) is 0 Å². The zero-order chi connectivity index (χ0) is 15.4. The number of nitrogens with zero attached hydrogens (tertiary/aromatic N) is 1. The van der Waals surface area contributed by atoms with Gasteiger partial charge in [0, 0.05) is 11.6 Å². The molecule has 0 aliphatic rings. The second-order valence-corrected chi connectivity index (χ2v) is 5.71. The second kappa shape index (κ2) is 6.57. The Labute approximate surface area is 127 Å². The summed E-state index contributed by atoms with van der Waals surface area (Å²) in [5.74, 6) is 0.0967. The number of carbonyl (C=O) groups excluding carboxylic acids is 1. The fourth-order valence-corrected chi connectivity index (χ4v) is 2.70. The summed E-state index contributed by atoms with van der Waals surface area (Å²) < 4.78 is 0. The van der Waals surface area contributed by atoms with Crippen LogP contribution in [0.15, 0.2) is 54.6 Å². The molecule has 0 fully saturated rings. The van der Waals surface area contributed by atoms with Crippen LogP contribution in [-0.2, 0) is 0 Å². The molecule has 0 heterocycles. The standard InChI is InChI=1S/C19H23NO/c1-14(2)20(16(4)17-11-6-5-7-12-17)19(21)18-13-9-8-10-15(18)3/h5-14,16H,1-4H3/t16-/m1/s1. The van der Waals surface area contributed by atoms with Crippen molar-refractivity contribution in [1.82, 2.24) is 4.90 Å². The summed E-state index contributed by atoms with van der Waals surface area (Å²) in [7, 11) is 0. The van der Waals surface area contributed by atoms with Gasteiger partial charge in [-0.15, -0.1) is 0 Å². The molecule has 0 N–H and O–H groups in total. The number of aryl methyl sites for hydroxylation is 1. The molecule has 2 heteroatoms. The van der Waals surface area contributed by atoms with Crippen molar-refractivity contribution in [3.05, 3.63) is 71.3 Å². The van der Waals surface area contributed by atoms with Gasteiger partial charge in [0.15, 0.2) is 0 Å². The molecular weight excluding hydrogens is 258 g/mol. The normalized spacial score (nSPS) is 12.2. The predicted octanol–water partition coefficient (Wildman–Crippen LogP) is 4.61. The van der Waals surface area contributed by atoms with Gasteiger partial charge in [-0.1, -0.05) is 48.5 Å². The topological polar surface area (TPSA) is 20.3 Å². The maximum Gasteiger partial charge on any atom is 0.254 e. The van der Waals surface area contributed by atoms with Gasteiger partial charge < -0.3 is 4.90 Å². The molecule has 0 aliphatic carbocycles. The van der Waals surface area contributed by atoms with Crippen LogP contribution in [0.4, 0.5) is 0 Å². The van der Waals surface area contributed by atoms with E-state index in [-0.39, 0.29) is 18.0 Å². The van der Waals surface area contributed by atoms with Gasteiger partial charge in [-0.05, 0) is 44.9 Å². The van der Waals surface area contributed by atoms with Crippen molar-refractivity contribution < 1.29 is 4.79 Å². The molecule has 1 amide bonds. The largest absolute Gasteiger partial charge is 0.329 e. The Hall–Kier alpha value is -2.09. The first-order chi connectivity index (χ1) is 10.0. The molecule has 0 spiro atoms. The molecule has 0 aliphatic heterocycles. The molecule has 2 rings (SSSR count). The quantitative estimate of drug-likeness (QED) is 0.801. The van der Waals surface area contributed by atoms with Crippen LogP contribution < -0.4 is 0 Å². The summed E-state index contributed by atoms with van der Waals surface area (Å²) >= 11 is 0. The molecule has 2 aromatic carbocycles. The van der Waals surface area contributed by atoms with E-state index in [0.29, 0.717) is 0 Å². The molecule has 0 saturated carbocycles. The summed E-state index contributed by atoms with van der Waals surface area (Å²) in [6.45, 7) is 8.20. The van der Waals surface area contributed by atoms with E-state index < -0.39 is 0 Å². The zero-order valence-corrected chi connectivity index (χ0v) is 13.2. The van der Waals surface area contributed by atoms with Crippen molar-refractivity contribution in [3.63, 3.8) is 0 Å². The number of rotatable bonds is 4. The molecule has 110 valence electrons. The van der Waals surface area contributed by atoms with Crippen molar-refractivity contribution in [2.75, 3.05) is 0 Å². The van der Waals surface area contributed by atoms with E-state index in [1.54, 1.807) is 0 Å². The van der Waals surface area contributed by atoms with E-state index in [2.05, 4.69) is 32.9 Å². The highest BCUT2D eigenvalue weighted by molar-refractivity contribution is 5.96. The minimum Gasteiger partial charge on any atom is -0.329 e. The Kier molecular flexibility index (Phi) is 4.79. The number of benzene rings is 2. The molecule has 1 atom stereocenters. The molecule has 0 unspecified atom stereocenters. The van der Waals surface area contributed by atoms with E-state index in [1.165, 1.54) is 0 Å². The van der Waals surface area contributed by atoms with Crippen LogP contribution in [0.2, 0.25) is 0 Å². The van der Waals surface area contributed by atoms with Crippen molar-refractivity contribution in [1.29, 1.82) is 0 Å². The minimum absolute atomic E-state index is 0.0540. The predicted molar refractivity (Wildman–Crippen MR) is 87.3 cm³/mol. The summed E-state index contributed by atoms with van der Waals surface area (Å²) in [5, 5.41) is 0. The lowest BCUT2D eigenvalue weighted by Gasteiger charge is -2.33. The Morgan fingerprint density at radius 2 is 1.48 bits per heavy atom. The number of hydrogen-bond donors (Lipinski definition) is 0. The Morgan fingerprint density at radius 3 is 2.05 bits per heavy atom. The fraction of sp³-hybridized carbons (Fsp3) is 0.316. The highest BCUT2D eigenvalue weighted by Gasteiger charge is 2.25. The van der Waals surface area contributed by atoms with Gasteiger partial charge >= 0.3 is 0 Å². The molecule has 2 nitrogen and oxygen atoms in total. The lowest BCUT2D eigenvalue weighted by molar-refractivity contribution is 0.0624. The lowest BCUT2D eigenvalue weighted by Crippen LogP contribution is -2.39. The third kappa shape index (κ3) is 3.33. The van der Waals surface area contributed by atoms with Gasteiger partial charge in [0.25, 0.3) is 5.91 Å². The monoisotopic (exact) mass is 281 g/mol. The number of hydrogen-bond acceptors (Lipinski definition) is 1. The maximum atomic E-state index is 12.9. The van der Waals surface area contributed by atoms with Gasteiger partial charge in [0.05, 0.1) is 6.04 Å². The highest BCUT2D eigenvalue weighted by atomic mass is 16.2. The lowest BCUT2D eigenvalue weighted by atomic mass is 10.0. The Balaban J connectivity index is 2.36. The van der Waals surface area contributed by atoms with Crippen LogP contribution in [0.1, 0.15) is 48.3 Å². The third-order valence-corrected chi connectivity index (χ3v) is 3.87. The summed E-state index contributed by atoms with van der Waals surface area (Å²) in [5.41, 5.74) is 2.97. The summed E-state index contributed by atoms with van der Waals surface area (Å²) in [4.78, 5) is 14.9. The average Bonchev–Trinajstić information content (AvgIpc) is 2.48. The molecule has 0 bridgehead atoms. The average molecular weight is 281 g/mol. The van der Waals surface area contributed by atoms with Crippen molar-refractivity contribution in [3.8, 4) is 0 Å². The SMILES string of the molecule is Cc1ccccc1C(=O)N(C(C)C)[C@H](C)c1ccccc1. The van der Waals surface area contributed by atoms with Crippen molar-refractivity contribution >= 4 is 5.91 Å². The van der Waals surface area contributed by atoms with Crippen molar-refractivity contribution in [2.45, 2.75) is 39.8 Å². The van der Waals surface area contributed by atoms with Crippen LogP contribution >= 0.6 is 0 Å². The van der Waals surface area contributed by atoms with Crippen molar-refractivity contribution in [2.24, 2.45) is 0 Å². The molecule has 0 radical (unpaired) electrons. The highest BCUT2D eigenvalue weighted by Crippen LogP contribution is 2.25. The Bertz CT molecular complexity index is 604. The zero-order valence-electron chi connectivity index (χ0n) is 13.2.